The highest BCUT2D eigenvalue weighted by molar-refractivity contribution is 5.88. The number of aliphatic hydroxyl groups excluding tert-OH is 7. The molecule has 0 saturated carbocycles. The minimum absolute atomic E-state index is 0.0000108. The molecular weight excluding hydrogens is 840 g/mol. The van der Waals surface area contributed by atoms with Crippen molar-refractivity contribution in [3.8, 4) is 40.1 Å². The quantitative estimate of drug-likeness (QED) is 0.0663. The Bertz CT molecular complexity index is 2320. The molecule has 0 radical (unpaired) electrons. The molecule has 3 aliphatic rings. The van der Waals surface area contributed by atoms with Crippen LogP contribution in [-0.4, -0.2) is 161 Å². The van der Waals surface area contributed by atoms with Gasteiger partial charge in [-0.25, -0.2) is 4.79 Å². The maximum Gasteiger partial charge on any atom is 0.331 e. The SMILES string of the molecule is C[C@@H]1O[C@@H](O[C@H]2[C@@H](O)[C@H](OC[C@H]3O[C@@H](Oc4c(-c5ccc(O)cc5)oc5cc(O)cc(O)c5c4=O)[C@H](O)[C@@H](O)[C@@H]3O)O[C@@H](C)[C@@H]2OC(=O)/C=C/c2ccc(O)cc2)[C@H](O)[C@H](O)[C@H]1O. The fraction of sp³-hybridized carbons (Fsp3) is 0.429. The fourth-order valence-corrected chi connectivity index (χ4v) is 7.28. The number of phenols is 4. The number of esters is 1. The number of ether oxygens (including phenoxy) is 7. The summed E-state index contributed by atoms with van der Waals surface area (Å²) >= 11 is 0. The van der Waals surface area contributed by atoms with Crippen LogP contribution in [0.3, 0.4) is 0 Å². The van der Waals surface area contributed by atoms with Crippen molar-refractivity contribution in [2.24, 2.45) is 0 Å². The lowest BCUT2D eigenvalue weighted by Gasteiger charge is -2.46. The van der Waals surface area contributed by atoms with E-state index in [1.807, 2.05) is 0 Å². The molecule has 21 heteroatoms. The summed E-state index contributed by atoms with van der Waals surface area (Å²) in [6.07, 6.45) is -22.7. The van der Waals surface area contributed by atoms with Crippen molar-refractivity contribution in [3.63, 3.8) is 0 Å². The van der Waals surface area contributed by atoms with Gasteiger partial charge in [0.1, 0.15) is 88.9 Å². The summed E-state index contributed by atoms with van der Waals surface area (Å²) in [5.41, 5.74) is -0.601. The van der Waals surface area contributed by atoms with Crippen LogP contribution in [0.2, 0.25) is 0 Å². The van der Waals surface area contributed by atoms with Gasteiger partial charge in [-0.3, -0.25) is 4.79 Å². The fourth-order valence-electron chi connectivity index (χ4n) is 7.28. The predicted octanol–water partition coefficient (Wildman–Crippen LogP) is -0.571. The Morgan fingerprint density at radius 3 is 1.97 bits per heavy atom. The largest absolute Gasteiger partial charge is 0.508 e. The van der Waals surface area contributed by atoms with E-state index in [-0.39, 0.29) is 28.4 Å². The first-order valence-electron chi connectivity index (χ1n) is 19.6. The van der Waals surface area contributed by atoms with E-state index in [0.717, 1.165) is 18.2 Å². The molecule has 3 aliphatic heterocycles. The summed E-state index contributed by atoms with van der Waals surface area (Å²) in [5, 5.41) is 116. The van der Waals surface area contributed by atoms with Crippen LogP contribution in [0.5, 0.6) is 28.7 Å². The van der Waals surface area contributed by atoms with E-state index < -0.39 is 133 Å². The number of aromatic hydroxyl groups is 4. The predicted molar refractivity (Wildman–Crippen MR) is 211 cm³/mol. The first-order chi connectivity index (χ1) is 29.9. The molecular formula is C42H46O21. The number of phenolic OH excluding ortho intramolecular Hbond substituents is 4. The number of hydrogen-bond acceptors (Lipinski definition) is 21. The third-order valence-corrected chi connectivity index (χ3v) is 10.8. The van der Waals surface area contributed by atoms with Crippen LogP contribution in [0.15, 0.2) is 76.0 Å². The molecule has 3 aromatic carbocycles. The van der Waals surface area contributed by atoms with Crippen molar-refractivity contribution in [1.29, 1.82) is 0 Å². The van der Waals surface area contributed by atoms with Crippen molar-refractivity contribution in [1.82, 2.24) is 0 Å². The lowest BCUT2D eigenvalue weighted by atomic mass is 9.97. The van der Waals surface area contributed by atoms with Gasteiger partial charge in [0, 0.05) is 23.8 Å². The van der Waals surface area contributed by atoms with E-state index in [2.05, 4.69) is 0 Å². The number of fused-ring (bicyclic) bond motifs is 1. The topological polar surface area (TPSA) is 334 Å². The van der Waals surface area contributed by atoms with Crippen LogP contribution in [-0.2, 0) is 33.2 Å². The monoisotopic (exact) mass is 886 g/mol. The molecule has 7 rings (SSSR count). The zero-order valence-electron chi connectivity index (χ0n) is 33.3. The van der Waals surface area contributed by atoms with Gasteiger partial charge in [-0.1, -0.05) is 12.1 Å². The van der Waals surface area contributed by atoms with Gasteiger partial charge in [-0.15, -0.1) is 0 Å². The smallest absolute Gasteiger partial charge is 0.331 e. The normalized spacial score (nSPS) is 33.6. The van der Waals surface area contributed by atoms with Crippen LogP contribution < -0.4 is 10.2 Å². The molecule has 0 aliphatic carbocycles. The van der Waals surface area contributed by atoms with Gasteiger partial charge in [-0.05, 0) is 61.9 Å². The van der Waals surface area contributed by atoms with Gasteiger partial charge >= 0.3 is 5.97 Å². The summed E-state index contributed by atoms with van der Waals surface area (Å²) in [6.45, 7) is 2.09. The van der Waals surface area contributed by atoms with Gasteiger partial charge in [0.25, 0.3) is 0 Å². The number of hydrogen-bond donors (Lipinski definition) is 11. The van der Waals surface area contributed by atoms with E-state index in [9.17, 15) is 65.8 Å². The highest BCUT2D eigenvalue weighted by Crippen LogP contribution is 2.38. The molecule has 4 heterocycles. The lowest BCUT2D eigenvalue weighted by molar-refractivity contribution is -0.359. The molecule has 15 atom stereocenters. The van der Waals surface area contributed by atoms with Crippen LogP contribution in [0.4, 0.5) is 0 Å². The van der Waals surface area contributed by atoms with E-state index in [4.69, 9.17) is 37.6 Å². The maximum atomic E-state index is 13.9. The number of carbonyl (C=O) groups is 1. The molecule has 3 saturated heterocycles. The second-order valence-electron chi connectivity index (χ2n) is 15.2. The molecule has 0 amide bonds. The van der Waals surface area contributed by atoms with Crippen molar-refractivity contribution in [2.75, 3.05) is 6.61 Å². The summed E-state index contributed by atoms with van der Waals surface area (Å²) in [7, 11) is 0. The Labute approximate surface area is 356 Å². The van der Waals surface area contributed by atoms with E-state index >= 15 is 0 Å². The standard InChI is InChI=1S/C42H46O21/c1-16-28(48)31(51)33(53)41(57-16)63-39-35(55)40(58-17(2)36(39)61-26(47)12-5-18-3-8-20(43)9-4-18)56-15-25-29(49)32(52)34(54)42(60-25)62-38-30(50)27-23(46)13-22(45)14-24(27)59-37(38)19-6-10-21(44)11-7-19/h3-14,16-17,25,28-29,31-36,39-46,48-49,51-55H,15H2,1-2H3/b12-5+/t16-,17-,25+,28-,29+,31+,32-,33+,34+,35+,36-,39-,40+,41-,42-/m0/s1. The van der Waals surface area contributed by atoms with Crippen molar-refractivity contribution < 1.29 is 98.5 Å². The molecule has 0 unspecified atom stereocenters. The Morgan fingerprint density at radius 2 is 1.29 bits per heavy atom. The average molecular weight is 887 g/mol. The van der Waals surface area contributed by atoms with Crippen molar-refractivity contribution in [3.05, 3.63) is 82.5 Å². The third kappa shape index (κ3) is 9.60. The molecule has 63 heavy (non-hydrogen) atoms. The van der Waals surface area contributed by atoms with Crippen LogP contribution in [0.1, 0.15) is 19.4 Å². The second-order valence-corrected chi connectivity index (χ2v) is 15.2. The molecule has 11 N–H and O–H groups in total. The van der Waals surface area contributed by atoms with Crippen LogP contribution in [0, 0.1) is 0 Å². The molecule has 0 spiro atoms. The highest BCUT2D eigenvalue weighted by atomic mass is 16.8. The molecule has 340 valence electrons. The number of aliphatic hydroxyl groups is 7. The average Bonchev–Trinajstić information content (AvgIpc) is 3.24. The van der Waals surface area contributed by atoms with Crippen molar-refractivity contribution >= 4 is 23.0 Å². The van der Waals surface area contributed by atoms with Gasteiger partial charge in [0.05, 0.1) is 18.8 Å². The Morgan fingerprint density at radius 1 is 0.667 bits per heavy atom. The van der Waals surface area contributed by atoms with E-state index in [1.165, 1.54) is 68.5 Å². The van der Waals surface area contributed by atoms with E-state index in [0.29, 0.717) is 5.56 Å². The lowest BCUT2D eigenvalue weighted by Crippen LogP contribution is -2.64. The van der Waals surface area contributed by atoms with E-state index in [1.54, 1.807) is 0 Å². The minimum atomic E-state index is -2.03. The third-order valence-electron chi connectivity index (χ3n) is 10.8. The molecule has 4 aromatic rings. The molecule has 1 aromatic heterocycles. The van der Waals surface area contributed by atoms with Crippen molar-refractivity contribution in [2.45, 2.75) is 106 Å². The minimum Gasteiger partial charge on any atom is -0.508 e. The van der Waals surface area contributed by atoms with Gasteiger partial charge in [0.15, 0.2) is 24.4 Å². The number of benzene rings is 3. The van der Waals surface area contributed by atoms with Gasteiger partial charge in [-0.2, -0.15) is 0 Å². The first kappa shape index (κ1) is 45.6. The number of carbonyl (C=O) groups excluding carboxylic acids is 1. The molecule has 21 nitrogen and oxygen atoms in total. The summed E-state index contributed by atoms with van der Waals surface area (Å²) in [6, 6.07) is 13.0. The van der Waals surface area contributed by atoms with Crippen LogP contribution in [0.25, 0.3) is 28.4 Å². The van der Waals surface area contributed by atoms with Crippen LogP contribution >= 0.6 is 0 Å². The molecule has 0 bridgehead atoms. The summed E-state index contributed by atoms with van der Waals surface area (Å²) in [5.74, 6) is -3.17. The van der Waals surface area contributed by atoms with Gasteiger partial charge < -0.3 is 93.7 Å². The molecule has 3 fully saturated rings. The second kappa shape index (κ2) is 18.8. The zero-order chi connectivity index (χ0) is 45.4. The zero-order valence-corrected chi connectivity index (χ0v) is 33.3. The summed E-state index contributed by atoms with van der Waals surface area (Å²) in [4.78, 5) is 26.9. The Kier molecular flexibility index (Phi) is 13.6. The highest BCUT2D eigenvalue weighted by Gasteiger charge is 2.52. The Balaban J connectivity index is 1.12. The maximum absolute atomic E-state index is 13.9. The summed E-state index contributed by atoms with van der Waals surface area (Å²) < 4.78 is 46.4. The van der Waals surface area contributed by atoms with Gasteiger partial charge in [0.2, 0.25) is 17.5 Å². The Hall–Kier alpha value is -5.40. The number of rotatable bonds is 11. The first-order valence-corrected chi connectivity index (χ1v) is 19.6.